The minimum absolute atomic E-state index is 0.0874. The maximum atomic E-state index is 13.4. The highest BCUT2D eigenvalue weighted by Gasteiger charge is 2.20. The summed E-state index contributed by atoms with van der Waals surface area (Å²) in [5, 5.41) is 7.09. The highest BCUT2D eigenvalue weighted by Crippen LogP contribution is 2.22. The topological polar surface area (TPSA) is 72.0 Å². The second-order valence-corrected chi connectivity index (χ2v) is 6.32. The van der Waals surface area contributed by atoms with Gasteiger partial charge in [-0.15, -0.1) is 10.2 Å². The van der Waals surface area contributed by atoms with Crippen LogP contribution in [0.2, 0.25) is 0 Å². The Kier molecular flexibility index (Phi) is 3.40. The van der Waals surface area contributed by atoms with E-state index in [4.69, 9.17) is 0 Å². The zero-order valence-electron chi connectivity index (χ0n) is 8.09. The predicted molar refractivity (Wildman–Crippen MR) is 64.8 cm³/mol. The van der Waals surface area contributed by atoms with Gasteiger partial charge in [0.1, 0.15) is 16.2 Å². The molecule has 1 heterocycles. The second kappa shape index (κ2) is 4.67. The largest absolute Gasteiger partial charge is 0.266 e. The number of nitrogens with one attached hydrogen (secondary N) is 1. The quantitative estimate of drug-likeness (QED) is 0.932. The van der Waals surface area contributed by atoms with Gasteiger partial charge in [0, 0.05) is 4.47 Å². The van der Waals surface area contributed by atoms with E-state index >= 15 is 0 Å². The Hall–Kier alpha value is -1.06. The van der Waals surface area contributed by atoms with E-state index in [0.717, 1.165) is 17.4 Å². The average molecular weight is 338 g/mol. The van der Waals surface area contributed by atoms with Crippen LogP contribution < -0.4 is 4.72 Å². The van der Waals surface area contributed by atoms with Gasteiger partial charge in [0.05, 0.1) is 0 Å². The Morgan fingerprint density at radius 3 is 2.82 bits per heavy atom. The fraction of sp³-hybridized carbons (Fsp3) is 0. The van der Waals surface area contributed by atoms with Crippen molar-refractivity contribution in [1.82, 2.24) is 10.2 Å². The van der Waals surface area contributed by atoms with E-state index in [0.29, 0.717) is 4.47 Å². The summed E-state index contributed by atoms with van der Waals surface area (Å²) in [4.78, 5) is -0.443. The number of halogens is 2. The summed E-state index contributed by atoms with van der Waals surface area (Å²) in [7, 11) is -3.98. The lowest BCUT2D eigenvalue weighted by atomic mass is 10.3. The van der Waals surface area contributed by atoms with Crippen molar-refractivity contribution < 1.29 is 12.8 Å². The van der Waals surface area contributed by atoms with E-state index < -0.39 is 20.7 Å². The number of hydrogen-bond acceptors (Lipinski definition) is 5. The first-order chi connectivity index (χ1) is 7.99. The molecule has 17 heavy (non-hydrogen) atoms. The van der Waals surface area contributed by atoms with Crippen molar-refractivity contribution in [2.24, 2.45) is 0 Å². The Balaban J connectivity index is 2.41. The number of sulfonamides is 1. The van der Waals surface area contributed by atoms with Crippen LogP contribution in [0, 0.1) is 5.82 Å². The van der Waals surface area contributed by atoms with Gasteiger partial charge in [0.15, 0.2) is 0 Å². The fourth-order valence-electron chi connectivity index (χ4n) is 1.07. The van der Waals surface area contributed by atoms with Crippen molar-refractivity contribution in [2.75, 3.05) is 4.72 Å². The lowest BCUT2D eigenvalue weighted by Crippen LogP contribution is -2.14. The van der Waals surface area contributed by atoms with E-state index in [2.05, 4.69) is 30.8 Å². The van der Waals surface area contributed by atoms with Gasteiger partial charge in [-0.1, -0.05) is 27.3 Å². The molecule has 1 aromatic heterocycles. The summed E-state index contributed by atoms with van der Waals surface area (Å²) in [6.07, 6.45) is 0. The zero-order chi connectivity index (χ0) is 12.5. The maximum Gasteiger partial charge on any atom is 0.266 e. The van der Waals surface area contributed by atoms with Crippen LogP contribution in [0.4, 0.5) is 9.52 Å². The van der Waals surface area contributed by atoms with Crippen LogP contribution in [-0.4, -0.2) is 18.6 Å². The highest BCUT2D eigenvalue weighted by molar-refractivity contribution is 9.10. The molecular weight excluding hydrogens is 333 g/mol. The average Bonchev–Trinajstić information content (AvgIpc) is 2.73. The molecule has 0 saturated heterocycles. The van der Waals surface area contributed by atoms with E-state index in [9.17, 15) is 12.8 Å². The summed E-state index contributed by atoms with van der Waals surface area (Å²) in [5.41, 5.74) is 1.37. The highest BCUT2D eigenvalue weighted by atomic mass is 79.9. The molecule has 2 aromatic rings. The third-order valence-corrected chi connectivity index (χ3v) is 4.35. The molecule has 90 valence electrons. The molecule has 9 heteroatoms. The van der Waals surface area contributed by atoms with Crippen LogP contribution >= 0.6 is 27.3 Å². The monoisotopic (exact) mass is 337 g/mol. The van der Waals surface area contributed by atoms with Crippen molar-refractivity contribution in [2.45, 2.75) is 4.90 Å². The van der Waals surface area contributed by atoms with Gasteiger partial charge in [-0.05, 0) is 18.2 Å². The number of anilines is 1. The van der Waals surface area contributed by atoms with Gasteiger partial charge in [-0.3, -0.25) is 4.72 Å². The van der Waals surface area contributed by atoms with Crippen LogP contribution in [0.25, 0.3) is 0 Å². The molecule has 0 radical (unpaired) electrons. The molecule has 0 spiro atoms. The SMILES string of the molecule is O=S(=O)(Nc1nncs1)c1cc(Br)ccc1F. The standard InChI is InChI=1S/C8H5BrFN3O2S2/c9-5-1-2-6(10)7(3-5)17(14,15)13-8-12-11-4-16-8/h1-4H,(H,12,13). The van der Waals surface area contributed by atoms with Gasteiger partial charge in [-0.25, -0.2) is 12.8 Å². The number of aromatic nitrogens is 2. The van der Waals surface area contributed by atoms with Gasteiger partial charge in [-0.2, -0.15) is 0 Å². The lowest BCUT2D eigenvalue weighted by molar-refractivity contribution is 0.570. The van der Waals surface area contributed by atoms with Crippen molar-refractivity contribution in [3.8, 4) is 0 Å². The summed E-state index contributed by atoms with van der Waals surface area (Å²) in [5.74, 6) is -0.829. The Bertz CT molecular complexity index is 630. The van der Waals surface area contributed by atoms with E-state index in [1.807, 2.05) is 0 Å². The van der Waals surface area contributed by atoms with Crippen molar-refractivity contribution >= 4 is 42.4 Å². The fourth-order valence-corrected chi connectivity index (χ4v) is 3.38. The van der Waals surface area contributed by atoms with Crippen LogP contribution in [0.5, 0.6) is 0 Å². The molecule has 0 unspecified atom stereocenters. The molecule has 2 rings (SSSR count). The van der Waals surface area contributed by atoms with Crippen LogP contribution in [0.1, 0.15) is 0 Å². The van der Waals surface area contributed by atoms with E-state index in [1.54, 1.807) is 0 Å². The van der Waals surface area contributed by atoms with Gasteiger partial charge in [0.2, 0.25) is 5.13 Å². The summed E-state index contributed by atoms with van der Waals surface area (Å²) >= 11 is 4.09. The van der Waals surface area contributed by atoms with Crippen LogP contribution in [0.15, 0.2) is 33.1 Å². The number of hydrogen-bond donors (Lipinski definition) is 1. The Morgan fingerprint density at radius 1 is 1.41 bits per heavy atom. The minimum Gasteiger partial charge on any atom is -0.253 e. The second-order valence-electron chi connectivity index (χ2n) is 2.92. The molecule has 0 aliphatic heterocycles. The van der Waals surface area contributed by atoms with E-state index in [-0.39, 0.29) is 5.13 Å². The predicted octanol–water partition coefficient (Wildman–Crippen LogP) is 2.24. The summed E-state index contributed by atoms with van der Waals surface area (Å²) < 4.78 is 39.7. The van der Waals surface area contributed by atoms with Gasteiger partial charge in [0.25, 0.3) is 10.0 Å². The van der Waals surface area contributed by atoms with Gasteiger partial charge < -0.3 is 0 Å². The summed E-state index contributed by atoms with van der Waals surface area (Å²) in [6, 6.07) is 3.66. The van der Waals surface area contributed by atoms with Crippen LogP contribution in [-0.2, 0) is 10.0 Å². The first-order valence-electron chi connectivity index (χ1n) is 4.23. The molecule has 5 nitrogen and oxygen atoms in total. The van der Waals surface area contributed by atoms with Gasteiger partial charge >= 0.3 is 0 Å². The maximum absolute atomic E-state index is 13.4. The van der Waals surface area contributed by atoms with Crippen molar-refractivity contribution in [3.05, 3.63) is 34.0 Å². The molecule has 0 saturated carbocycles. The first-order valence-corrected chi connectivity index (χ1v) is 7.39. The smallest absolute Gasteiger partial charge is 0.253 e. The third-order valence-electron chi connectivity index (χ3n) is 1.76. The van der Waals surface area contributed by atoms with E-state index in [1.165, 1.54) is 17.6 Å². The number of nitrogens with zero attached hydrogens (tertiary/aromatic N) is 2. The third kappa shape index (κ3) is 2.79. The first kappa shape index (κ1) is 12.4. The molecule has 0 bridgehead atoms. The van der Waals surface area contributed by atoms with Crippen molar-refractivity contribution in [3.63, 3.8) is 0 Å². The molecule has 1 aromatic carbocycles. The number of rotatable bonds is 3. The molecule has 0 aliphatic rings. The van der Waals surface area contributed by atoms with Crippen molar-refractivity contribution in [1.29, 1.82) is 0 Å². The Morgan fingerprint density at radius 2 is 2.18 bits per heavy atom. The normalized spacial score (nSPS) is 11.4. The Labute approximate surface area is 109 Å². The lowest BCUT2D eigenvalue weighted by Gasteiger charge is -2.06. The molecule has 0 aliphatic carbocycles. The molecular formula is C8H5BrFN3O2S2. The molecule has 0 atom stereocenters. The molecule has 1 N–H and O–H groups in total. The number of benzene rings is 1. The molecule has 0 fully saturated rings. The minimum atomic E-state index is -3.98. The van der Waals surface area contributed by atoms with Crippen LogP contribution in [0.3, 0.4) is 0 Å². The molecule has 0 amide bonds. The zero-order valence-corrected chi connectivity index (χ0v) is 11.3. The summed E-state index contributed by atoms with van der Waals surface area (Å²) in [6.45, 7) is 0.